The second-order valence-corrected chi connectivity index (χ2v) is 6.52. The zero-order chi connectivity index (χ0) is 19.6. The van der Waals surface area contributed by atoms with Crippen molar-refractivity contribution in [1.82, 2.24) is 4.90 Å². The summed E-state index contributed by atoms with van der Waals surface area (Å²) in [7, 11) is 1.21. The number of hydrogen-bond acceptors (Lipinski definition) is 3. The summed E-state index contributed by atoms with van der Waals surface area (Å²) in [4.78, 5) is 24.8. The van der Waals surface area contributed by atoms with Crippen molar-refractivity contribution < 1.29 is 27.9 Å². The molecular formula is C17H23F3N2O3. The van der Waals surface area contributed by atoms with Crippen LogP contribution in [-0.2, 0) is 9.59 Å². The molecule has 0 saturated heterocycles. The monoisotopic (exact) mass is 360 g/mol. The van der Waals surface area contributed by atoms with Gasteiger partial charge in [0.15, 0.2) is 5.60 Å². The van der Waals surface area contributed by atoms with Crippen LogP contribution in [0.3, 0.4) is 0 Å². The van der Waals surface area contributed by atoms with E-state index in [4.69, 9.17) is 0 Å². The topological polar surface area (TPSA) is 69.6 Å². The molecule has 0 unspecified atom stereocenters. The van der Waals surface area contributed by atoms with Crippen LogP contribution in [0.4, 0.5) is 18.9 Å². The minimum absolute atomic E-state index is 0.417. The molecule has 0 fully saturated rings. The molecule has 0 aliphatic heterocycles. The maximum Gasteiger partial charge on any atom is 0.417 e. The lowest BCUT2D eigenvalue weighted by Gasteiger charge is -2.27. The van der Waals surface area contributed by atoms with E-state index in [0.717, 1.165) is 21.6 Å². The molecule has 1 aromatic carbocycles. The molecule has 0 aromatic heterocycles. The molecule has 0 aliphatic rings. The number of aliphatic hydroxyl groups is 1. The summed E-state index contributed by atoms with van der Waals surface area (Å²) >= 11 is 0. The summed E-state index contributed by atoms with van der Waals surface area (Å²) in [5, 5.41) is 12.0. The van der Waals surface area contributed by atoms with Gasteiger partial charge in [0, 0.05) is 12.7 Å². The molecule has 1 rings (SSSR count). The summed E-state index contributed by atoms with van der Waals surface area (Å²) in [6, 6.07) is 3.77. The standard InChI is InChI=1S/C17H23F3N2O3/c1-10-6-11(2)15(12(3)7-10)21-13(23)9-22(5)14(24)8-16(4,25)17(18,19)20/h6-7,25H,8-9H2,1-5H3,(H,21,23)/t16-/m1/s1. The molecule has 0 saturated carbocycles. The number of alkyl halides is 3. The summed E-state index contributed by atoms with van der Waals surface area (Å²) in [5.74, 6) is -1.51. The lowest BCUT2D eigenvalue weighted by atomic mass is 10.0. The van der Waals surface area contributed by atoms with E-state index in [1.807, 2.05) is 32.9 Å². The minimum Gasteiger partial charge on any atom is -0.380 e. The quantitative estimate of drug-likeness (QED) is 0.848. The van der Waals surface area contributed by atoms with Gasteiger partial charge >= 0.3 is 6.18 Å². The first-order chi connectivity index (χ1) is 11.2. The van der Waals surface area contributed by atoms with Gasteiger partial charge < -0.3 is 15.3 Å². The predicted molar refractivity (Wildman–Crippen MR) is 88.2 cm³/mol. The van der Waals surface area contributed by atoms with Gasteiger partial charge in [-0.2, -0.15) is 13.2 Å². The lowest BCUT2D eigenvalue weighted by molar-refractivity contribution is -0.254. The highest BCUT2D eigenvalue weighted by Crippen LogP contribution is 2.32. The Morgan fingerprint density at radius 1 is 1.16 bits per heavy atom. The number of benzene rings is 1. The van der Waals surface area contributed by atoms with Crippen LogP contribution in [0.25, 0.3) is 0 Å². The number of likely N-dealkylation sites (N-methyl/N-ethyl adjacent to an activating group) is 1. The van der Waals surface area contributed by atoms with Gasteiger partial charge in [-0.1, -0.05) is 17.7 Å². The zero-order valence-corrected chi connectivity index (χ0v) is 14.9. The molecule has 1 atom stereocenters. The Bertz CT molecular complexity index is 647. The predicted octanol–water partition coefficient (Wildman–Crippen LogP) is 2.71. The number of rotatable bonds is 5. The van der Waals surface area contributed by atoms with Crippen molar-refractivity contribution in [2.45, 2.75) is 45.9 Å². The molecule has 2 amide bonds. The Balaban J connectivity index is 2.73. The van der Waals surface area contributed by atoms with E-state index in [9.17, 15) is 27.9 Å². The third-order valence-electron chi connectivity index (χ3n) is 3.85. The highest BCUT2D eigenvalue weighted by Gasteiger charge is 2.51. The zero-order valence-electron chi connectivity index (χ0n) is 14.9. The Labute approximate surface area is 144 Å². The fourth-order valence-electron chi connectivity index (χ4n) is 2.39. The van der Waals surface area contributed by atoms with Crippen molar-refractivity contribution >= 4 is 17.5 Å². The minimum atomic E-state index is -4.93. The maximum absolute atomic E-state index is 12.6. The Morgan fingerprint density at radius 3 is 2.08 bits per heavy atom. The fourth-order valence-corrected chi connectivity index (χ4v) is 2.39. The van der Waals surface area contributed by atoms with Crippen LogP contribution in [0, 0.1) is 20.8 Å². The summed E-state index contributed by atoms with van der Waals surface area (Å²) in [6.07, 6.45) is -6.08. The van der Waals surface area contributed by atoms with E-state index in [1.54, 1.807) is 0 Å². The third-order valence-corrected chi connectivity index (χ3v) is 3.85. The second-order valence-electron chi connectivity index (χ2n) is 6.52. The number of nitrogens with one attached hydrogen (secondary N) is 1. The van der Waals surface area contributed by atoms with E-state index in [1.165, 1.54) is 7.05 Å². The Morgan fingerprint density at radius 2 is 1.64 bits per heavy atom. The molecule has 8 heteroatoms. The van der Waals surface area contributed by atoms with Gasteiger partial charge in [-0.3, -0.25) is 9.59 Å². The van der Waals surface area contributed by atoms with Gasteiger partial charge in [-0.15, -0.1) is 0 Å². The second kappa shape index (κ2) is 7.43. The van der Waals surface area contributed by atoms with Gasteiger partial charge in [-0.05, 0) is 38.8 Å². The lowest BCUT2D eigenvalue weighted by Crippen LogP contribution is -2.47. The van der Waals surface area contributed by atoms with Crippen LogP contribution in [0.5, 0.6) is 0 Å². The summed E-state index contributed by atoms with van der Waals surface area (Å²) in [6.45, 7) is 5.68. The Hall–Kier alpha value is -2.09. The number of nitrogens with zero attached hydrogens (tertiary/aromatic N) is 1. The molecule has 1 aromatic rings. The smallest absolute Gasteiger partial charge is 0.380 e. The average molecular weight is 360 g/mol. The molecule has 140 valence electrons. The molecule has 0 spiro atoms. The maximum atomic E-state index is 12.6. The van der Waals surface area contributed by atoms with Crippen molar-refractivity contribution in [3.05, 3.63) is 28.8 Å². The molecule has 5 nitrogen and oxygen atoms in total. The van der Waals surface area contributed by atoms with Crippen molar-refractivity contribution in [2.24, 2.45) is 0 Å². The van der Waals surface area contributed by atoms with Crippen molar-refractivity contribution in [2.75, 3.05) is 18.9 Å². The molecule has 0 aliphatic carbocycles. The summed E-state index contributed by atoms with van der Waals surface area (Å²) in [5.41, 5.74) is 0.201. The van der Waals surface area contributed by atoms with E-state index in [2.05, 4.69) is 5.32 Å². The van der Waals surface area contributed by atoms with E-state index < -0.39 is 36.6 Å². The first kappa shape index (κ1) is 21.0. The normalized spacial score (nSPS) is 14.0. The highest BCUT2D eigenvalue weighted by molar-refractivity contribution is 5.95. The van der Waals surface area contributed by atoms with Gasteiger partial charge in [-0.25, -0.2) is 0 Å². The largest absolute Gasteiger partial charge is 0.417 e. The molecule has 0 bridgehead atoms. The molecule has 2 N–H and O–H groups in total. The number of hydrogen-bond donors (Lipinski definition) is 2. The van der Waals surface area contributed by atoms with E-state index in [-0.39, 0.29) is 0 Å². The van der Waals surface area contributed by atoms with Crippen LogP contribution in [0.2, 0.25) is 0 Å². The molecular weight excluding hydrogens is 337 g/mol. The molecule has 25 heavy (non-hydrogen) atoms. The van der Waals surface area contributed by atoms with Gasteiger partial charge in [0.2, 0.25) is 11.8 Å². The first-order valence-electron chi connectivity index (χ1n) is 7.65. The van der Waals surface area contributed by atoms with Crippen LogP contribution in [-0.4, -0.2) is 47.2 Å². The van der Waals surface area contributed by atoms with Crippen LogP contribution in [0.15, 0.2) is 12.1 Å². The molecule has 0 radical (unpaired) electrons. The average Bonchev–Trinajstić information content (AvgIpc) is 2.40. The van der Waals surface area contributed by atoms with Gasteiger partial charge in [0.1, 0.15) is 0 Å². The summed E-state index contributed by atoms with van der Waals surface area (Å²) < 4.78 is 37.9. The molecule has 0 heterocycles. The SMILES string of the molecule is Cc1cc(C)c(NC(=O)CN(C)C(=O)C[C@@](C)(O)C(F)(F)F)c(C)c1. The van der Waals surface area contributed by atoms with Crippen LogP contribution >= 0.6 is 0 Å². The van der Waals surface area contributed by atoms with Gasteiger partial charge in [0.25, 0.3) is 0 Å². The van der Waals surface area contributed by atoms with E-state index in [0.29, 0.717) is 12.6 Å². The van der Waals surface area contributed by atoms with Gasteiger partial charge in [0.05, 0.1) is 13.0 Å². The van der Waals surface area contributed by atoms with E-state index >= 15 is 0 Å². The fraction of sp³-hybridized carbons (Fsp3) is 0.529. The number of halogens is 3. The van der Waals surface area contributed by atoms with Crippen molar-refractivity contribution in [3.8, 4) is 0 Å². The van der Waals surface area contributed by atoms with Crippen LogP contribution in [0.1, 0.15) is 30.0 Å². The Kier molecular flexibility index (Phi) is 6.23. The highest BCUT2D eigenvalue weighted by atomic mass is 19.4. The van der Waals surface area contributed by atoms with Crippen molar-refractivity contribution in [1.29, 1.82) is 0 Å². The number of carbonyl (C=O) groups excluding carboxylic acids is 2. The first-order valence-corrected chi connectivity index (χ1v) is 7.65. The van der Waals surface area contributed by atoms with Crippen LogP contribution < -0.4 is 5.32 Å². The number of anilines is 1. The third kappa shape index (κ3) is 5.45. The number of carbonyl (C=O) groups is 2. The number of amides is 2. The van der Waals surface area contributed by atoms with Crippen molar-refractivity contribution in [3.63, 3.8) is 0 Å². The number of aryl methyl sites for hydroxylation is 3.